The van der Waals surface area contributed by atoms with Crippen molar-refractivity contribution in [2.24, 2.45) is 5.73 Å². The lowest BCUT2D eigenvalue weighted by molar-refractivity contribution is 0.119. The van der Waals surface area contributed by atoms with Gasteiger partial charge in [-0.15, -0.1) is 0 Å². The lowest BCUT2D eigenvalue weighted by Crippen LogP contribution is -2.25. The van der Waals surface area contributed by atoms with Crippen molar-refractivity contribution in [3.63, 3.8) is 0 Å². The van der Waals surface area contributed by atoms with E-state index >= 15 is 0 Å². The maximum absolute atomic E-state index is 5.94. The van der Waals surface area contributed by atoms with Crippen molar-refractivity contribution in [3.8, 4) is 5.75 Å². The van der Waals surface area contributed by atoms with Crippen molar-refractivity contribution in [3.05, 3.63) is 29.8 Å². The standard InChI is InChI=1S/C13H19NO/c14-10-4-6-11-5-1-2-9-13(11)15-12-7-3-8-12/h1-2,5,9,12H,3-4,6-8,10,14H2. The molecule has 1 aromatic carbocycles. The van der Waals surface area contributed by atoms with Gasteiger partial charge in [-0.2, -0.15) is 0 Å². The highest BCUT2D eigenvalue weighted by molar-refractivity contribution is 5.33. The first-order valence-electron chi connectivity index (χ1n) is 5.85. The summed E-state index contributed by atoms with van der Waals surface area (Å²) in [5, 5.41) is 0. The Kier molecular flexibility index (Phi) is 3.62. The van der Waals surface area contributed by atoms with Crippen LogP contribution in [0, 0.1) is 0 Å². The number of rotatable bonds is 5. The molecule has 0 spiro atoms. The minimum absolute atomic E-state index is 0.462. The molecule has 0 heterocycles. The highest BCUT2D eigenvalue weighted by Crippen LogP contribution is 2.27. The lowest BCUT2D eigenvalue weighted by atomic mass is 9.96. The first-order valence-corrected chi connectivity index (χ1v) is 5.85. The topological polar surface area (TPSA) is 35.2 Å². The summed E-state index contributed by atoms with van der Waals surface area (Å²) in [7, 11) is 0. The SMILES string of the molecule is NCCCc1ccccc1OC1CCC1. The van der Waals surface area contributed by atoms with Gasteiger partial charge >= 0.3 is 0 Å². The van der Waals surface area contributed by atoms with Crippen LogP contribution in [0.4, 0.5) is 0 Å². The van der Waals surface area contributed by atoms with E-state index in [1.807, 2.05) is 6.07 Å². The quantitative estimate of drug-likeness (QED) is 0.801. The van der Waals surface area contributed by atoms with Crippen LogP contribution in [-0.4, -0.2) is 12.6 Å². The lowest BCUT2D eigenvalue weighted by Gasteiger charge is -2.27. The Labute approximate surface area is 91.4 Å². The van der Waals surface area contributed by atoms with Gasteiger partial charge in [0.2, 0.25) is 0 Å². The average Bonchev–Trinajstić information content (AvgIpc) is 2.22. The van der Waals surface area contributed by atoms with Crippen molar-refractivity contribution in [2.45, 2.75) is 38.2 Å². The largest absolute Gasteiger partial charge is 0.490 e. The molecule has 82 valence electrons. The number of hydrogen-bond donors (Lipinski definition) is 1. The van der Waals surface area contributed by atoms with Gasteiger partial charge in [0, 0.05) is 0 Å². The Bertz CT molecular complexity index is 307. The maximum Gasteiger partial charge on any atom is 0.122 e. The van der Waals surface area contributed by atoms with Gasteiger partial charge in [-0.1, -0.05) is 18.2 Å². The Morgan fingerprint density at radius 1 is 1.27 bits per heavy atom. The second-order valence-electron chi connectivity index (χ2n) is 4.17. The number of para-hydroxylation sites is 1. The van der Waals surface area contributed by atoms with Gasteiger partial charge in [-0.25, -0.2) is 0 Å². The van der Waals surface area contributed by atoms with Crippen LogP contribution in [0.5, 0.6) is 5.75 Å². The second kappa shape index (κ2) is 5.17. The molecule has 2 heteroatoms. The van der Waals surface area contributed by atoms with E-state index in [1.165, 1.54) is 24.8 Å². The molecule has 2 nitrogen and oxygen atoms in total. The van der Waals surface area contributed by atoms with Gasteiger partial charge in [-0.05, 0) is 50.3 Å². The van der Waals surface area contributed by atoms with E-state index in [2.05, 4.69) is 18.2 Å². The Hall–Kier alpha value is -1.02. The zero-order valence-electron chi connectivity index (χ0n) is 9.11. The monoisotopic (exact) mass is 205 g/mol. The molecule has 0 unspecified atom stereocenters. The molecule has 2 N–H and O–H groups in total. The molecular weight excluding hydrogens is 186 g/mol. The fourth-order valence-corrected chi connectivity index (χ4v) is 1.79. The van der Waals surface area contributed by atoms with E-state index in [-0.39, 0.29) is 0 Å². The van der Waals surface area contributed by atoms with Crippen LogP contribution in [0.1, 0.15) is 31.2 Å². The third kappa shape index (κ3) is 2.72. The smallest absolute Gasteiger partial charge is 0.122 e. The van der Waals surface area contributed by atoms with Crippen molar-refractivity contribution in [1.82, 2.24) is 0 Å². The Morgan fingerprint density at radius 2 is 2.07 bits per heavy atom. The molecule has 2 rings (SSSR count). The van der Waals surface area contributed by atoms with Gasteiger partial charge in [0.1, 0.15) is 5.75 Å². The molecule has 1 aliphatic carbocycles. The number of benzene rings is 1. The van der Waals surface area contributed by atoms with E-state index in [1.54, 1.807) is 0 Å². The average molecular weight is 205 g/mol. The minimum atomic E-state index is 0.462. The third-order valence-corrected chi connectivity index (χ3v) is 2.97. The van der Waals surface area contributed by atoms with E-state index in [4.69, 9.17) is 10.5 Å². The van der Waals surface area contributed by atoms with Gasteiger partial charge < -0.3 is 10.5 Å². The molecule has 0 radical (unpaired) electrons. The van der Waals surface area contributed by atoms with Gasteiger partial charge in [0.25, 0.3) is 0 Å². The Balaban J connectivity index is 1.99. The fourth-order valence-electron chi connectivity index (χ4n) is 1.79. The number of ether oxygens (including phenoxy) is 1. The number of hydrogen-bond acceptors (Lipinski definition) is 2. The second-order valence-corrected chi connectivity index (χ2v) is 4.17. The zero-order chi connectivity index (χ0) is 10.5. The minimum Gasteiger partial charge on any atom is -0.490 e. The summed E-state index contributed by atoms with van der Waals surface area (Å²) in [5.74, 6) is 1.07. The van der Waals surface area contributed by atoms with Crippen molar-refractivity contribution in [2.75, 3.05) is 6.54 Å². The molecule has 1 saturated carbocycles. The molecule has 0 aliphatic heterocycles. The molecule has 0 bridgehead atoms. The van der Waals surface area contributed by atoms with Crippen LogP contribution in [0.2, 0.25) is 0 Å². The predicted octanol–water partition coefficient (Wildman–Crippen LogP) is 2.51. The predicted molar refractivity (Wildman–Crippen MR) is 62.1 cm³/mol. The summed E-state index contributed by atoms with van der Waals surface area (Å²) in [6, 6.07) is 8.33. The van der Waals surface area contributed by atoms with Crippen LogP contribution < -0.4 is 10.5 Å². The summed E-state index contributed by atoms with van der Waals surface area (Å²) in [4.78, 5) is 0. The number of nitrogens with two attached hydrogens (primary N) is 1. The van der Waals surface area contributed by atoms with Crippen molar-refractivity contribution in [1.29, 1.82) is 0 Å². The van der Waals surface area contributed by atoms with Gasteiger partial charge in [0.15, 0.2) is 0 Å². The van der Waals surface area contributed by atoms with Crippen LogP contribution in [0.15, 0.2) is 24.3 Å². The molecule has 1 aromatic rings. The summed E-state index contributed by atoms with van der Waals surface area (Å²) in [5.41, 5.74) is 6.83. The number of aryl methyl sites for hydroxylation is 1. The normalized spacial score (nSPS) is 16.1. The molecule has 0 saturated heterocycles. The third-order valence-electron chi connectivity index (χ3n) is 2.97. The first-order chi connectivity index (χ1) is 7.40. The van der Waals surface area contributed by atoms with Gasteiger partial charge in [-0.3, -0.25) is 0 Å². The molecule has 0 aromatic heterocycles. The molecule has 1 aliphatic rings. The highest BCUT2D eigenvalue weighted by atomic mass is 16.5. The maximum atomic E-state index is 5.94. The Morgan fingerprint density at radius 3 is 2.73 bits per heavy atom. The highest BCUT2D eigenvalue weighted by Gasteiger charge is 2.19. The summed E-state index contributed by atoms with van der Waals surface area (Å²) < 4.78 is 5.94. The fraction of sp³-hybridized carbons (Fsp3) is 0.538. The first kappa shape index (κ1) is 10.5. The van der Waals surface area contributed by atoms with Crippen LogP contribution >= 0.6 is 0 Å². The van der Waals surface area contributed by atoms with Crippen LogP contribution in [-0.2, 0) is 6.42 Å². The summed E-state index contributed by atoms with van der Waals surface area (Å²) in [6.07, 6.45) is 6.26. The van der Waals surface area contributed by atoms with Crippen molar-refractivity contribution >= 4 is 0 Å². The van der Waals surface area contributed by atoms with E-state index in [9.17, 15) is 0 Å². The van der Waals surface area contributed by atoms with E-state index in [0.29, 0.717) is 6.10 Å². The summed E-state index contributed by atoms with van der Waals surface area (Å²) >= 11 is 0. The summed E-state index contributed by atoms with van der Waals surface area (Å²) in [6.45, 7) is 0.748. The molecular formula is C13H19NO. The molecule has 0 atom stereocenters. The van der Waals surface area contributed by atoms with Crippen LogP contribution in [0.25, 0.3) is 0 Å². The zero-order valence-corrected chi connectivity index (χ0v) is 9.11. The molecule has 0 amide bonds. The van der Waals surface area contributed by atoms with Crippen LogP contribution in [0.3, 0.4) is 0 Å². The van der Waals surface area contributed by atoms with E-state index < -0.39 is 0 Å². The van der Waals surface area contributed by atoms with Crippen molar-refractivity contribution < 1.29 is 4.74 Å². The molecule has 1 fully saturated rings. The molecule has 15 heavy (non-hydrogen) atoms. The van der Waals surface area contributed by atoms with Gasteiger partial charge in [0.05, 0.1) is 6.10 Å². The van der Waals surface area contributed by atoms with E-state index in [0.717, 1.165) is 25.1 Å².